The van der Waals surface area contributed by atoms with E-state index in [0.717, 1.165) is 29.3 Å². The second-order valence-corrected chi connectivity index (χ2v) is 7.09. The van der Waals surface area contributed by atoms with Crippen molar-refractivity contribution >= 4 is 11.8 Å². The Bertz CT molecular complexity index is 941. The number of carbonyl (C=O) groups is 2. The summed E-state index contributed by atoms with van der Waals surface area (Å²) in [5.41, 5.74) is 0.624. The van der Waals surface area contributed by atoms with E-state index < -0.39 is 23.7 Å². The lowest BCUT2D eigenvalue weighted by Gasteiger charge is -2.24. The largest absolute Gasteiger partial charge is 0.456 e. The zero-order valence-corrected chi connectivity index (χ0v) is 16.0. The molecule has 1 fully saturated rings. The molecular formula is C21H21F3N2O3. The molecule has 1 aliphatic rings. The molecule has 1 heterocycles. The lowest BCUT2D eigenvalue weighted by Crippen LogP contribution is -2.45. The van der Waals surface area contributed by atoms with Crippen molar-refractivity contribution in [3.05, 3.63) is 58.7 Å². The first-order valence-electron chi connectivity index (χ1n) is 9.17. The Hall–Kier alpha value is -3.03. The Morgan fingerprint density at radius 1 is 1.14 bits per heavy atom. The molecule has 2 aromatic rings. The molecule has 2 amide bonds. The molecule has 1 saturated heterocycles. The van der Waals surface area contributed by atoms with Crippen molar-refractivity contribution < 1.29 is 27.5 Å². The molecule has 0 aliphatic carbocycles. The van der Waals surface area contributed by atoms with Crippen molar-refractivity contribution in [1.29, 1.82) is 0 Å². The van der Waals surface area contributed by atoms with Crippen LogP contribution in [0.4, 0.5) is 13.2 Å². The number of aryl methyl sites for hydroxylation is 2. The topological polar surface area (TPSA) is 67.4 Å². The molecule has 5 nitrogen and oxygen atoms in total. The van der Waals surface area contributed by atoms with Gasteiger partial charge in [-0.3, -0.25) is 9.59 Å². The highest BCUT2D eigenvalue weighted by Gasteiger charge is 2.32. The van der Waals surface area contributed by atoms with Crippen molar-refractivity contribution in [1.82, 2.24) is 10.6 Å². The molecule has 154 valence electrons. The second kappa shape index (κ2) is 8.14. The van der Waals surface area contributed by atoms with Crippen LogP contribution in [0.1, 0.15) is 39.9 Å². The van der Waals surface area contributed by atoms with E-state index in [2.05, 4.69) is 10.6 Å². The van der Waals surface area contributed by atoms with Gasteiger partial charge in [-0.1, -0.05) is 17.7 Å². The Kier molecular flexibility index (Phi) is 5.81. The zero-order valence-electron chi connectivity index (χ0n) is 16.0. The van der Waals surface area contributed by atoms with Crippen LogP contribution in [0.25, 0.3) is 0 Å². The zero-order chi connectivity index (χ0) is 21.2. The van der Waals surface area contributed by atoms with Gasteiger partial charge in [-0.2, -0.15) is 13.2 Å². The molecule has 2 aromatic carbocycles. The van der Waals surface area contributed by atoms with Gasteiger partial charge in [0.15, 0.2) is 0 Å². The summed E-state index contributed by atoms with van der Waals surface area (Å²) in [6, 6.07) is 7.74. The molecule has 0 radical (unpaired) electrons. The summed E-state index contributed by atoms with van der Waals surface area (Å²) in [4.78, 5) is 24.3. The molecule has 0 saturated carbocycles. The molecule has 1 unspecified atom stereocenters. The maximum Gasteiger partial charge on any atom is 0.416 e. The lowest BCUT2D eigenvalue weighted by atomic mass is 10.0. The van der Waals surface area contributed by atoms with E-state index in [0.29, 0.717) is 18.7 Å². The van der Waals surface area contributed by atoms with Gasteiger partial charge in [0.25, 0.3) is 5.91 Å². The Morgan fingerprint density at radius 3 is 2.52 bits per heavy atom. The number of rotatable bonds is 4. The van der Waals surface area contributed by atoms with Crippen LogP contribution in [0.15, 0.2) is 36.4 Å². The summed E-state index contributed by atoms with van der Waals surface area (Å²) in [6.45, 7) is 4.12. The molecule has 0 bridgehead atoms. The van der Waals surface area contributed by atoms with Crippen LogP contribution in [0.2, 0.25) is 0 Å². The smallest absolute Gasteiger partial charge is 0.416 e. The van der Waals surface area contributed by atoms with Gasteiger partial charge in [0, 0.05) is 19.0 Å². The number of amides is 2. The highest BCUT2D eigenvalue weighted by Crippen LogP contribution is 2.35. The summed E-state index contributed by atoms with van der Waals surface area (Å²) in [7, 11) is 0. The number of halogens is 3. The van der Waals surface area contributed by atoms with Crippen molar-refractivity contribution in [3.8, 4) is 11.5 Å². The van der Waals surface area contributed by atoms with Crippen LogP contribution < -0.4 is 15.4 Å². The van der Waals surface area contributed by atoms with Gasteiger partial charge in [-0.15, -0.1) is 0 Å². The first-order valence-corrected chi connectivity index (χ1v) is 9.17. The average molecular weight is 406 g/mol. The molecule has 29 heavy (non-hydrogen) atoms. The van der Waals surface area contributed by atoms with Crippen molar-refractivity contribution in [2.75, 3.05) is 6.54 Å². The number of hydrogen-bond donors (Lipinski definition) is 2. The van der Waals surface area contributed by atoms with E-state index >= 15 is 0 Å². The van der Waals surface area contributed by atoms with Gasteiger partial charge in [0.2, 0.25) is 5.91 Å². The minimum atomic E-state index is -4.60. The second-order valence-electron chi connectivity index (χ2n) is 7.09. The van der Waals surface area contributed by atoms with Crippen LogP contribution in [-0.2, 0) is 11.0 Å². The normalized spacial score (nSPS) is 16.9. The standard InChI is InChI=1S/C21H21F3N2O3/c1-12-3-5-17(13(2)9-12)29-18-6-4-14(21(22,23)24)10-16(18)20(28)26-15-7-8-25-19(27)11-15/h3-6,9-10,15H,7-8,11H2,1-2H3,(H,25,27)(H,26,28). The number of carbonyl (C=O) groups excluding carboxylic acids is 2. The first-order chi connectivity index (χ1) is 13.6. The SMILES string of the molecule is Cc1ccc(Oc2ccc(C(F)(F)F)cc2C(=O)NC2CCNC(=O)C2)c(C)c1. The number of benzene rings is 2. The molecule has 0 spiro atoms. The third-order valence-electron chi connectivity index (χ3n) is 4.68. The van der Waals surface area contributed by atoms with E-state index in [1.807, 2.05) is 26.0 Å². The monoisotopic (exact) mass is 406 g/mol. The van der Waals surface area contributed by atoms with Gasteiger partial charge in [-0.25, -0.2) is 0 Å². The summed E-state index contributed by atoms with van der Waals surface area (Å²) in [5, 5.41) is 5.29. The fourth-order valence-electron chi connectivity index (χ4n) is 3.18. The van der Waals surface area contributed by atoms with Gasteiger partial charge in [-0.05, 0) is 50.1 Å². The minimum Gasteiger partial charge on any atom is -0.456 e. The molecule has 1 atom stereocenters. The quantitative estimate of drug-likeness (QED) is 0.803. The van der Waals surface area contributed by atoms with E-state index in [9.17, 15) is 22.8 Å². The molecule has 8 heteroatoms. The van der Waals surface area contributed by atoms with Crippen LogP contribution in [0.5, 0.6) is 11.5 Å². The number of hydrogen-bond acceptors (Lipinski definition) is 3. The minimum absolute atomic E-state index is 0.0164. The fraction of sp³-hybridized carbons (Fsp3) is 0.333. The van der Waals surface area contributed by atoms with Crippen molar-refractivity contribution in [3.63, 3.8) is 0 Å². The number of ether oxygens (including phenoxy) is 1. The van der Waals surface area contributed by atoms with E-state index in [4.69, 9.17) is 4.74 Å². The van der Waals surface area contributed by atoms with E-state index in [1.165, 1.54) is 0 Å². The summed E-state index contributed by atoms with van der Waals surface area (Å²) in [6.07, 6.45) is -4.01. The summed E-state index contributed by atoms with van der Waals surface area (Å²) >= 11 is 0. The maximum atomic E-state index is 13.2. The van der Waals surface area contributed by atoms with Crippen molar-refractivity contribution in [2.45, 2.75) is 38.9 Å². The average Bonchev–Trinajstić information content (AvgIpc) is 2.63. The first kappa shape index (κ1) is 20.7. The molecular weight excluding hydrogens is 385 g/mol. The Balaban J connectivity index is 1.92. The predicted molar refractivity (Wildman–Crippen MR) is 101 cm³/mol. The van der Waals surface area contributed by atoms with E-state index in [1.54, 1.807) is 6.07 Å². The summed E-state index contributed by atoms with van der Waals surface area (Å²) < 4.78 is 45.3. The van der Waals surface area contributed by atoms with Crippen LogP contribution in [0.3, 0.4) is 0 Å². The van der Waals surface area contributed by atoms with Gasteiger partial charge < -0.3 is 15.4 Å². The third-order valence-corrected chi connectivity index (χ3v) is 4.68. The highest BCUT2D eigenvalue weighted by molar-refractivity contribution is 5.97. The van der Waals surface area contributed by atoms with Crippen LogP contribution in [-0.4, -0.2) is 24.4 Å². The van der Waals surface area contributed by atoms with Crippen LogP contribution in [0, 0.1) is 13.8 Å². The molecule has 2 N–H and O–H groups in total. The molecule has 1 aliphatic heterocycles. The third kappa shape index (κ3) is 5.07. The number of alkyl halides is 3. The predicted octanol–water partition coefficient (Wildman–Crippen LogP) is 4.12. The number of piperidine rings is 1. The number of nitrogens with one attached hydrogen (secondary N) is 2. The Labute approximate surface area is 166 Å². The van der Waals surface area contributed by atoms with Gasteiger partial charge >= 0.3 is 6.18 Å². The van der Waals surface area contributed by atoms with Gasteiger partial charge in [0.1, 0.15) is 11.5 Å². The lowest BCUT2D eigenvalue weighted by molar-refractivity contribution is -0.137. The highest BCUT2D eigenvalue weighted by atomic mass is 19.4. The van der Waals surface area contributed by atoms with Gasteiger partial charge in [0.05, 0.1) is 11.1 Å². The van der Waals surface area contributed by atoms with Crippen LogP contribution >= 0.6 is 0 Å². The van der Waals surface area contributed by atoms with E-state index in [-0.39, 0.29) is 23.6 Å². The summed E-state index contributed by atoms with van der Waals surface area (Å²) in [5.74, 6) is -0.461. The van der Waals surface area contributed by atoms with Crippen molar-refractivity contribution in [2.24, 2.45) is 0 Å². The molecule has 0 aromatic heterocycles. The maximum absolute atomic E-state index is 13.2. The fourth-order valence-corrected chi connectivity index (χ4v) is 3.18. The Morgan fingerprint density at radius 2 is 1.86 bits per heavy atom. The molecule has 3 rings (SSSR count).